The molecular weight excluding hydrogens is 585 g/mol. The molecule has 43 heavy (non-hydrogen) atoms. The number of ether oxygens (including phenoxy) is 2. The zero-order valence-corrected chi connectivity index (χ0v) is 25.9. The molecule has 0 aliphatic carbocycles. The van der Waals surface area contributed by atoms with Gasteiger partial charge in [-0.2, -0.15) is 0 Å². The van der Waals surface area contributed by atoms with Crippen LogP contribution in [-0.2, 0) is 15.3 Å². The average Bonchev–Trinajstić information content (AvgIpc) is 3.58. The number of Topliss-reactive ketones (excluding diaryl/α,β-unsaturated/α-hetero) is 1. The van der Waals surface area contributed by atoms with Crippen molar-refractivity contribution in [3.63, 3.8) is 0 Å². The van der Waals surface area contributed by atoms with Crippen LogP contribution in [0.2, 0.25) is 0 Å². The first-order valence-electron chi connectivity index (χ1n) is 13.8. The molecule has 1 unspecified atom stereocenters. The van der Waals surface area contributed by atoms with E-state index in [4.69, 9.17) is 9.47 Å². The number of hydrogen-bond donors (Lipinski definition) is 1. The second-order valence-corrected chi connectivity index (χ2v) is 12.6. The van der Waals surface area contributed by atoms with E-state index in [0.29, 0.717) is 45.2 Å². The van der Waals surface area contributed by atoms with Crippen LogP contribution in [0.4, 0.5) is 5.13 Å². The highest BCUT2D eigenvalue weighted by molar-refractivity contribution is 8.00. The SMILES string of the molecule is COc1cc(C2/C(=C(\O)c3ccncc3)C(=O)C(=O)N2c2nnc(SCc3ccc(C)cc3)s2)ccc1OCCC(C)C. The number of aliphatic hydroxyl groups excluding tert-OH is 1. The minimum absolute atomic E-state index is 0.0595. The molecular formula is C32H32N4O5S2. The number of amides is 1. The molecule has 0 spiro atoms. The molecule has 1 N–H and O–H groups in total. The number of methoxy groups -OCH3 is 1. The molecule has 1 fully saturated rings. The molecule has 1 saturated heterocycles. The standard InChI is InChI=1S/C32H32N4O5S2/c1-19(2)13-16-41-24-10-9-23(17-25(24)40-4)27-26(28(37)22-11-14-33-15-12-22)29(38)30(39)36(27)31-34-35-32(43-31)42-18-21-7-5-20(3)6-8-21/h5-12,14-15,17,19,27,37H,13,16,18H2,1-4H3/b28-26+. The molecule has 9 nitrogen and oxygen atoms in total. The zero-order chi connectivity index (χ0) is 30.5. The smallest absolute Gasteiger partial charge is 0.301 e. The van der Waals surface area contributed by atoms with Crippen LogP contribution in [0, 0.1) is 12.8 Å². The molecule has 2 aromatic heterocycles. The second kappa shape index (κ2) is 13.4. The Kier molecular flexibility index (Phi) is 9.42. The number of anilines is 1. The van der Waals surface area contributed by atoms with E-state index in [2.05, 4.69) is 53.3 Å². The van der Waals surface area contributed by atoms with Crippen molar-refractivity contribution < 1.29 is 24.2 Å². The van der Waals surface area contributed by atoms with Crippen LogP contribution in [0.1, 0.15) is 48.6 Å². The summed E-state index contributed by atoms with van der Waals surface area (Å²) in [7, 11) is 1.53. The van der Waals surface area contributed by atoms with Crippen LogP contribution >= 0.6 is 23.1 Å². The Morgan fingerprint density at radius 1 is 1.05 bits per heavy atom. The normalized spacial score (nSPS) is 16.2. The van der Waals surface area contributed by atoms with Crippen LogP contribution in [0.25, 0.3) is 5.76 Å². The fourth-order valence-electron chi connectivity index (χ4n) is 4.58. The van der Waals surface area contributed by atoms with Gasteiger partial charge in [-0.15, -0.1) is 10.2 Å². The number of pyridine rings is 1. The molecule has 3 heterocycles. The van der Waals surface area contributed by atoms with Gasteiger partial charge in [0.25, 0.3) is 5.78 Å². The van der Waals surface area contributed by atoms with Crippen LogP contribution in [0.15, 0.2) is 76.9 Å². The van der Waals surface area contributed by atoms with Gasteiger partial charge in [-0.05, 0) is 54.7 Å². The number of hydrogen-bond acceptors (Lipinski definition) is 10. The largest absolute Gasteiger partial charge is 0.507 e. The monoisotopic (exact) mass is 616 g/mol. The van der Waals surface area contributed by atoms with Gasteiger partial charge in [0.05, 0.1) is 25.3 Å². The van der Waals surface area contributed by atoms with Crippen LogP contribution < -0.4 is 14.4 Å². The van der Waals surface area contributed by atoms with Crippen LogP contribution in [-0.4, -0.2) is 45.7 Å². The minimum atomic E-state index is -0.977. The number of aliphatic hydroxyl groups is 1. The molecule has 11 heteroatoms. The van der Waals surface area contributed by atoms with Gasteiger partial charge >= 0.3 is 5.91 Å². The summed E-state index contributed by atoms with van der Waals surface area (Å²) in [6, 6.07) is 15.7. The summed E-state index contributed by atoms with van der Waals surface area (Å²) in [5.74, 6) is 0.219. The Morgan fingerprint density at radius 2 is 1.79 bits per heavy atom. The maximum Gasteiger partial charge on any atom is 0.301 e. The molecule has 1 aliphatic rings. The van der Waals surface area contributed by atoms with Crippen molar-refractivity contribution in [2.75, 3.05) is 18.6 Å². The quantitative estimate of drug-likeness (QED) is 0.0655. The van der Waals surface area contributed by atoms with Gasteiger partial charge in [0.1, 0.15) is 5.76 Å². The Balaban J connectivity index is 1.53. The van der Waals surface area contributed by atoms with Gasteiger partial charge in [-0.1, -0.05) is 72.8 Å². The third-order valence-electron chi connectivity index (χ3n) is 6.94. The summed E-state index contributed by atoms with van der Waals surface area (Å²) >= 11 is 2.71. The summed E-state index contributed by atoms with van der Waals surface area (Å²) in [5.41, 5.74) is 3.17. The molecule has 222 valence electrons. The topological polar surface area (TPSA) is 115 Å². The predicted molar refractivity (Wildman–Crippen MR) is 168 cm³/mol. The lowest BCUT2D eigenvalue weighted by Gasteiger charge is -2.23. The number of ketones is 1. The third-order valence-corrected chi connectivity index (χ3v) is 9.07. The van der Waals surface area contributed by atoms with Crippen molar-refractivity contribution in [1.29, 1.82) is 0 Å². The van der Waals surface area contributed by atoms with E-state index < -0.39 is 17.7 Å². The van der Waals surface area contributed by atoms with Crippen molar-refractivity contribution in [3.05, 3.63) is 94.8 Å². The molecule has 1 amide bonds. The predicted octanol–water partition coefficient (Wildman–Crippen LogP) is 6.59. The first-order valence-corrected chi connectivity index (χ1v) is 15.6. The lowest BCUT2D eigenvalue weighted by atomic mass is 9.95. The number of carbonyl (C=O) groups excluding carboxylic acids is 2. The van der Waals surface area contributed by atoms with E-state index >= 15 is 0 Å². The van der Waals surface area contributed by atoms with Crippen molar-refractivity contribution in [2.24, 2.45) is 5.92 Å². The number of carbonyl (C=O) groups is 2. The number of benzene rings is 2. The van der Waals surface area contributed by atoms with Gasteiger partial charge in [-0.25, -0.2) is 0 Å². The fraction of sp³-hybridized carbons (Fsp3) is 0.281. The van der Waals surface area contributed by atoms with Gasteiger partial charge in [0.2, 0.25) is 5.13 Å². The summed E-state index contributed by atoms with van der Waals surface area (Å²) in [6.45, 7) is 6.80. The number of nitrogens with zero attached hydrogens (tertiary/aromatic N) is 4. The van der Waals surface area contributed by atoms with Gasteiger partial charge < -0.3 is 14.6 Å². The Bertz CT molecular complexity index is 1640. The number of aryl methyl sites for hydroxylation is 1. The Hall–Kier alpha value is -4.22. The highest BCUT2D eigenvalue weighted by Gasteiger charge is 2.48. The van der Waals surface area contributed by atoms with Gasteiger partial charge in [0.15, 0.2) is 15.8 Å². The maximum absolute atomic E-state index is 13.6. The zero-order valence-electron chi connectivity index (χ0n) is 24.3. The van der Waals surface area contributed by atoms with E-state index in [9.17, 15) is 14.7 Å². The van der Waals surface area contributed by atoms with Crippen molar-refractivity contribution in [3.8, 4) is 11.5 Å². The van der Waals surface area contributed by atoms with Crippen molar-refractivity contribution >= 4 is 45.7 Å². The lowest BCUT2D eigenvalue weighted by Crippen LogP contribution is -2.29. The number of rotatable bonds is 11. The molecule has 0 saturated carbocycles. The summed E-state index contributed by atoms with van der Waals surface area (Å²) in [4.78, 5) is 32.4. The first kappa shape index (κ1) is 30.2. The molecule has 5 rings (SSSR count). The van der Waals surface area contributed by atoms with Crippen molar-refractivity contribution in [1.82, 2.24) is 15.2 Å². The number of aromatic nitrogens is 3. The number of thioether (sulfide) groups is 1. The highest BCUT2D eigenvalue weighted by Crippen LogP contribution is 2.45. The van der Waals surface area contributed by atoms with E-state index in [1.54, 1.807) is 30.3 Å². The molecule has 0 radical (unpaired) electrons. The summed E-state index contributed by atoms with van der Waals surface area (Å²) < 4.78 is 12.2. The average molecular weight is 617 g/mol. The lowest BCUT2D eigenvalue weighted by molar-refractivity contribution is -0.132. The van der Waals surface area contributed by atoms with E-state index in [1.165, 1.54) is 53.1 Å². The Morgan fingerprint density at radius 3 is 2.49 bits per heavy atom. The fourth-order valence-corrected chi connectivity index (χ4v) is 6.40. The van der Waals surface area contributed by atoms with Crippen LogP contribution in [0.3, 0.4) is 0 Å². The molecule has 2 aromatic carbocycles. The van der Waals surface area contributed by atoms with E-state index in [1.807, 2.05) is 6.92 Å². The highest BCUT2D eigenvalue weighted by atomic mass is 32.2. The van der Waals surface area contributed by atoms with E-state index in [-0.39, 0.29) is 16.5 Å². The molecule has 0 bridgehead atoms. The summed E-state index contributed by atoms with van der Waals surface area (Å²) in [6.07, 6.45) is 3.89. The molecule has 4 aromatic rings. The van der Waals surface area contributed by atoms with Gasteiger partial charge in [-0.3, -0.25) is 19.5 Å². The summed E-state index contributed by atoms with van der Waals surface area (Å²) in [5, 5.41) is 20.2. The third kappa shape index (κ3) is 6.73. The Labute approximate surface area is 258 Å². The van der Waals surface area contributed by atoms with Crippen molar-refractivity contribution in [2.45, 2.75) is 43.3 Å². The second-order valence-electron chi connectivity index (χ2n) is 10.5. The van der Waals surface area contributed by atoms with Crippen LogP contribution in [0.5, 0.6) is 11.5 Å². The maximum atomic E-state index is 13.6. The van der Waals surface area contributed by atoms with E-state index in [0.717, 1.165) is 12.0 Å². The first-order chi connectivity index (χ1) is 20.8. The van der Waals surface area contributed by atoms with Gasteiger partial charge in [0, 0.05) is 23.7 Å². The molecule has 1 atom stereocenters. The minimum Gasteiger partial charge on any atom is -0.507 e. The molecule has 1 aliphatic heterocycles.